The predicted octanol–water partition coefficient (Wildman–Crippen LogP) is 3.53. The molecule has 0 aliphatic carbocycles. The fourth-order valence-electron chi connectivity index (χ4n) is 1.91. The van der Waals surface area contributed by atoms with Gasteiger partial charge in [0.05, 0.1) is 12.2 Å². The minimum absolute atomic E-state index is 0.500. The Hall–Kier alpha value is -0.820. The average molecular weight is 204 g/mol. The first-order valence-electron chi connectivity index (χ1n) is 5.91. The summed E-state index contributed by atoms with van der Waals surface area (Å²) in [5, 5.41) is 0. The van der Waals surface area contributed by atoms with Crippen molar-refractivity contribution in [1.82, 2.24) is 0 Å². The second-order valence-corrected chi connectivity index (χ2v) is 4.81. The topological polar surface area (TPSA) is 12.5 Å². The molecule has 1 heterocycles. The van der Waals surface area contributed by atoms with Crippen molar-refractivity contribution in [1.29, 1.82) is 0 Å². The molecule has 1 fully saturated rings. The Balaban J connectivity index is 1.86. The van der Waals surface area contributed by atoms with E-state index in [4.69, 9.17) is 4.74 Å². The number of hydrogen-bond donors (Lipinski definition) is 0. The summed E-state index contributed by atoms with van der Waals surface area (Å²) in [6, 6.07) is 9.00. The smallest absolute Gasteiger partial charge is 0.0842 e. The fraction of sp³-hybridized carbons (Fsp3) is 0.571. The Labute approximate surface area is 92.5 Å². The van der Waals surface area contributed by atoms with Crippen molar-refractivity contribution >= 4 is 0 Å². The molecule has 2 atom stereocenters. The van der Waals surface area contributed by atoms with Crippen molar-refractivity contribution in [3.05, 3.63) is 35.4 Å². The van der Waals surface area contributed by atoms with Gasteiger partial charge in [-0.1, -0.05) is 38.1 Å². The monoisotopic (exact) mass is 204 g/mol. The minimum Gasteiger partial charge on any atom is -0.370 e. The van der Waals surface area contributed by atoms with Crippen LogP contribution in [0.25, 0.3) is 0 Å². The van der Waals surface area contributed by atoms with E-state index in [-0.39, 0.29) is 0 Å². The van der Waals surface area contributed by atoms with E-state index in [1.807, 2.05) is 0 Å². The first-order chi connectivity index (χ1) is 7.16. The average Bonchev–Trinajstić information content (AvgIpc) is 2.92. The van der Waals surface area contributed by atoms with Gasteiger partial charge in [-0.05, 0) is 36.8 Å². The Morgan fingerprint density at radius 2 is 1.80 bits per heavy atom. The van der Waals surface area contributed by atoms with Crippen molar-refractivity contribution < 1.29 is 4.74 Å². The summed E-state index contributed by atoms with van der Waals surface area (Å²) in [5.74, 6) is 0.630. The molecule has 1 saturated heterocycles. The molecule has 2 unspecified atom stereocenters. The molecule has 1 aromatic rings. The lowest BCUT2D eigenvalue weighted by molar-refractivity contribution is 0.370. The zero-order valence-electron chi connectivity index (χ0n) is 9.86. The van der Waals surface area contributed by atoms with Gasteiger partial charge in [0.15, 0.2) is 0 Å². The first-order valence-corrected chi connectivity index (χ1v) is 5.91. The van der Waals surface area contributed by atoms with Gasteiger partial charge in [0.1, 0.15) is 0 Å². The van der Waals surface area contributed by atoms with Gasteiger partial charge in [-0.2, -0.15) is 0 Å². The quantitative estimate of drug-likeness (QED) is 0.683. The van der Waals surface area contributed by atoms with E-state index in [1.54, 1.807) is 0 Å². The second-order valence-electron chi connectivity index (χ2n) is 4.81. The molecule has 1 nitrogen and oxygen atoms in total. The first kappa shape index (κ1) is 10.7. The van der Waals surface area contributed by atoms with Crippen molar-refractivity contribution in [3.8, 4) is 0 Å². The van der Waals surface area contributed by atoms with E-state index in [1.165, 1.54) is 17.5 Å². The molecule has 2 rings (SSSR count). The molecule has 0 spiro atoms. The number of epoxide rings is 1. The summed E-state index contributed by atoms with van der Waals surface area (Å²) in [6.45, 7) is 6.61. The lowest BCUT2D eigenvalue weighted by Crippen LogP contribution is -1.94. The van der Waals surface area contributed by atoms with E-state index >= 15 is 0 Å². The molecule has 82 valence electrons. The van der Waals surface area contributed by atoms with Gasteiger partial charge < -0.3 is 4.74 Å². The number of ether oxygens (including phenoxy) is 1. The zero-order valence-corrected chi connectivity index (χ0v) is 9.86. The van der Waals surface area contributed by atoms with E-state index < -0.39 is 0 Å². The zero-order chi connectivity index (χ0) is 10.8. The normalized spacial score (nSPS) is 24.5. The largest absolute Gasteiger partial charge is 0.370 e. The van der Waals surface area contributed by atoms with Crippen LogP contribution in [0, 0.1) is 0 Å². The van der Waals surface area contributed by atoms with Crippen LogP contribution in [-0.2, 0) is 11.2 Å². The molecule has 0 amide bonds. The van der Waals surface area contributed by atoms with Gasteiger partial charge in [-0.25, -0.2) is 0 Å². The standard InChI is InChI=1S/C14H20O/c1-10(2)13-7-4-12(5-8-13)6-9-14-11(3)15-14/h4-5,7-8,10-11,14H,6,9H2,1-3H3. The summed E-state index contributed by atoms with van der Waals surface area (Å²) in [7, 11) is 0. The summed E-state index contributed by atoms with van der Waals surface area (Å²) < 4.78 is 5.40. The van der Waals surface area contributed by atoms with Gasteiger partial charge in [0.2, 0.25) is 0 Å². The van der Waals surface area contributed by atoms with Crippen LogP contribution in [-0.4, -0.2) is 12.2 Å². The molecule has 0 bridgehead atoms. The molecule has 15 heavy (non-hydrogen) atoms. The van der Waals surface area contributed by atoms with Crippen molar-refractivity contribution in [3.63, 3.8) is 0 Å². The van der Waals surface area contributed by atoms with Gasteiger partial charge >= 0.3 is 0 Å². The summed E-state index contributed by atoms with van der Waals surface area (Å²) in [5.41, 5.74) is 2.86. The van der Waals surface area contributed by atoms with Crippen LogP contribution in [0.15, 0.2) is 24.3 Å². The van der Waals surface area contributed by atoms with Gasteiger partial charge in [0.25, 0.3) is 0 Å². The van der Waals surface area contributed by atoms with Crippen LogP contribution >= 0.6 is 0 Å². The Morgan fingerprint density at radius 3 is 2.27 bits per heavy atom. The molecule has 1 aromatic carbocycles. The molecule has 0 radical (unpaired) electrons. The fourth-order valence-corrected chi connectivity index (χ4v) is 1.91. The highest BCUT2D eigenvalue weighted by atomic mass is 16.6. The Bertz CT molecular complexity index is 313. The maximum Gasteiger partial charge on any atom is 0.0842 e. The number of benzene rings is 1. The van der Waals surface area contributed by atoms with Crippen LogP contribution in [0.2, 0.25) is 0 Å². The highest BCUT2D eigenvalue weighted by Crippen LogP contribution is 2.26. The molecule has 1 aliphatic heterocycles. The summed E-state index contributed by atoms with van der Waals surface area (Å²) in [4.78, 5) is 0. The second kappa shape index (κ2) is 4.36. The van der Waals surface area contributed by atoms with E-state index in [9.17, 15) is 0 Å². The molecule has 1 aliphatic rings. The molecular formula is C14H20O. The van der Waals surface area contributed by atoms with Gasteiger partial charge in [0, 0.05) is 0 Å². The maximum atomic E-state index is 5.40. The van der Waals surface area contributed by atoms with E-state index in [2.05, 4.69) is 45.0 Å². The summed E-state index contributed by atoms with van der Waals surface area (Å²) in [6.07, 6.45) is 3.34. The molecular weight excluding hydrogens is 184 g/mol. The highest BCUT2D eigenvalue weighted by Gasteiger charge is 2.33. The van der Waals surface area contributed by atoms with Crippen LogP contribution < -0.4 is 0 Å². The number of hydrogen-bond acceptors (Lipinski definition) is 1. The number of aryl methyl sites for hydroxylation is 1. The lowest BCUT2D eigenvalue weighted by atomic mass is 10.00. The van der Waals surface area contributed by atoms with Crippen LogP contribution in [0.5, 0.6) is 0 Å². The van der Waals surface area contributed by atoms with Gasteiger partial charge in [-0.15, -0.1) is 0 Å². The van der Waals surface area contributed by atoms with Gasteiger partial charge in [-0.3, -0.25) is 0 Å². The third kappa shape index (κ3) is 2.82. The third-order valence-corrected chi connectivity index (χ3v) is 3.20. The van der Waals surface area contributed by atoms with Crippen molar-refractivity contribution in [2.24, 2.45) is 0 Å². The van der Waals surface area contributed by atoms with Crippen molar-refractivity contribution in [2.75, 3.05) is 0 Å². The predicted molar refractivity (Wildman–Crippen MR) is 63.2 cm³/mol. The van der Waals surface area contributed by atoms with Crippen LogP contribution in [0.4, 0.5) is 0 Å². The number of rotatable bonds is 4. The van der Waals surface area contributed by atoms with Crippen LogP contribution in [0.1, 0.15) is 44.2 Å². The lowest BCUT2D eigenvalue weighted by Gasteiger charge is -2.06. The summed E-state index contributed by atoms with van der Waals surface area (Å²) >= 11 is 0. The minimum atomic E-state index is 0.500. The molecule has 1 heteroatoms. The third-order valence-electron chi connectivity index (χ3n) is 3.20. The van der Waals surface area contributed by atoms with E-state index in [0.717, 1.165) is 6.42 Å². The SMILES string of the molecule is CC(C)c1ccc(CCC2OC2C)cc1. The van der Waals surface area contributed by atoms with Crippen molar-refractivity contribution in [2.45, 2.75) is 51.7 Å². The molecule has 0 aromatic heterocycles. The highest BCUT2D eigenvalue weighted by molar-refractivity contribution is 5.24. The maximum absolute atomic E-state index is 5.40. The molecule has 0 saturated carbocycles. The Kier molecular flexibility index (Phi) is 3.11. The van der Waals surface area contributed by atoms with Crippen LogP contribution in [0.3, 0.4) is 0 Å². The van der Waals surface area contributed by atoms with E-state index in [0.29, 0.717) is 18.1 Å². The molecule has 0 N–H and O–H groups in total. The Morgan fingerprint density at radius 1 is 1.20 bits per heavy atom.